The molecule has 3 heterocycles. The van der Waals surface area contributed by atoms with Gasteiger partial charge in [0.05, 0.1) is 0 Å². The average molecular weight is 358 g/mol. The molecule has 5 nitrogen and oxygen atoms in total. The van der Waals surface area contributed by atoms with Gasteiger partial charge in [0.15, 0.2) is 0 Å². The Morgan fingerprint density at radius 2 is 1.75 bits per heavy atom. The molecule has 3 saturated heterocycles. The summed E-state index contributed by atoms with van der Waals surface area (Å²) in [6, 6.07) is 1.17. The van der Waals surface area contributed by atoms with Crippen molar-refractivity contribution in [1.29, 1.82) is 0 Å². The van der Waals surface area contributed by atoms with Crippen LogP contribution in [-0.2, 0) is 9.59 Å². The van der Waals surface area contributed by atoms with Crippen LogP contribution in [0.4, 0.5) is 0 Å². The predicted molar refractivity (Wildman–Crippen MR) is 97.2 cm³/mol. The van der Waals surface area contributed by atoms with Crippen LogP contribution in [0.25, 0.3) is 0 Å². The third kappa shape index (κ3) is 4.63. The van der Waals surface area contributed by atoms with E-state index >= 15 is 0 Å². The summed E-state index contributed by atoms with van der Waals surface area (Å²) < 4.78 is 0. The van der Waals surface area contributed by atoms with Crippen LogP contribution >= 0.6 is 12.4 Å². The minimum atomic E-state index is -0.252. The molecule has 0 aliphatic carbocycles. The van der Waals surface area contributed by atoms with Crippen LogP contribution in [0, 0.1) is 5.41 Å². The van der Waals surface area contributed by atoms with Gasteiger partial charge in [-0.2, -0.15) is 0 Å². The van der Waals surface area contributed by atoms with E-state index in [0.717, 1.165) is 32.2 Å². The Kier molecular flexibility index (Phi) is 6.19. The van der Waals surface area contributed by atoms with E-state index in [1.807, 2.05) is 4.90 Å². The maximum atomic E-state index is 12.7. The molecule has 138 valence electrons. The molecule has 3 fully saturated rings. The zero-order chi connectivity index (χ0) is 16.6. The second-order valence-corrected chi connectivity index (χ2v) is 8.80. The van der Waals surface area contributed by atoms with Crippen molar-refractivity contribution in [1.82, 2.24) is 15.5 Å². The van der Waals surface area contributed by atoms with Crippen molar-refractivity contribution in [3.63, 3.8) is 0 Å². The van der Waals surface area contributed by atoms with Crippen LogP contribution in [0.5, 0.6) is 0 Å². The van der Waals surface area contributed by atoms with E-state index in [4.69, 9.17) is 0 Å². The highest BCUT2D eigenvalue weighted by Gasteiger charge is 2.38. The number of nitrogens with zero attached hydrogens (tertiary/aromatic N) is 1. The molecule has 6 heteroatoms. The van der Waals surface area contributed by atoms with Crippen LogP contribution in [0.1, 0.15) is 65.7 Å². The topological polar surface area (TPSA) is 61.4 Å². The number of likely N-dealkylation sites (tertiary alicyclic amines) is 1. The molecule has 0 aromatic carbocycles. The fourth-order valence-electron chi connectivity index (χ4n) is 4.37. The maximum absolute atomic E-state index is 12.7. The van der Waals surface area contributed by atoms with Gasteiger partial charge in [0.2, 0.25) is 11.8 Å². The number of hydrogen-bond donors (Lipinski definition) is 2. The lowest BCUT2D eigenvalue weighted by atomic mass is 9.91. The van der Waals surface area contributed by atoms with Crippen molar-refractivity contribution in [2.75, 3.05) is 6.54 Å². The molecule has 3 atom stereocenters. The Bertz CT molecular complexity index is 465. The summed E-state index contributed by atoms with van der Waals surface area (Å²) in [6.07, 6.45) is 6.78. The number of fused-ring (bicyclic) bond motifs is 2. The smallest absolute Gasteiger partial charge is 0.243 e. The lowest BCUT2D eigenvalue weighted by Gasteiger charge is -2.32. The number of amides is 2. The number of nitrogens with one attached hydrogen (secondary N) is 2. The predicted octanol–water partition coefficient (Wildman–Crippen LogP) is 2.23. The van der Waals surface area contributed by atoms with Crippen molar-refractivity contribution >= 4 is 24.2 Å². The molecule has 3 rings (SSSR count). The fraction of sp³-hybridized carbons (Fsp3) is 0.889. The van der Waals surface area contributed by atoms with Gasteiger partial charge in [0.25, 0.3) is 0 Å². The molecule has 2 bridgehead atoms. The number of hydrogen-bond acceptors (Lipinski definition) is 3. The maximum Gasteiger partial charge on any atom is 0.243 e. The van der Waals surface area contributed by atoms with Gasteiger partial charge in [-0.15, -0.1) is 12.4 Å². The largest absolute Gasteiger partial charge is 0.351 e. The molecule has 2 N–H and O–H groups in total. The molecule has 0 aromatic rings. The molecule has 3 unspecified atom stereocenters. The van der Waals surface area contributed by atoms with E-state index in [1.54, 1.807) is 0 Å². The van der Waals surface area contributed by atoms with Gasteiger partial charge in [-0.1, -0.05) is 20.8 Å². The highest BCUT2D eigenvalue weighted by Crippen LogP contribution is 2.28. The van der Waals surface area contributed by atoms with Crippen LogP contribution in [0.3, 0.4) is 0 Å². The monoisotopic (exact) mass is 357 g/mol. The zero-order valence-corrected chi connectivity index (χ0v) is 16.0. The third-order valence-electron chi connectivity index (χ3n) is 5.38. The van der Waals surface area contributed by atoms with Gasteiger partial charge in [-0.05, 0) is 43.9 Å². The SMILES string of the molecule is CC(C)(C)CC(=O)N1CCCC1C(=O)NC1CC2CCC(C1)N2.Cl. The van der Waals surface area contributed by atoms with Crippen LogP contribution < -0.4 is 10.6 Å². The van der Waals surface area contributed by atoms with Crippen LogP contribution in [-0.4, -0.2) is 47.4 Å². The van der Waals surface area contributed by atoms with Gasteiger partial charge in [0.1, 0.15) is 6.04 Å². The second kappa shape index (κ2) is 7.61. The van der Waals surface area contributed by atoms with E-state index in [2.05, 4.69) is 31.4 Å². The number of carbonyl (C=O) groups is 2. The van der Waals surface area contributed by atoms with Crippen LogP contribution in [0.2, 0.25) is 0 Å². The molecule has 3 aliphatic rings. The first-order chi connectivity index (χ1) is 10.8. The van der Waals surface area contributed by atoms with Gasteiger partial charge in [0, 0.05) is 31.1 Å². The van der Waals surface area contributed by atoms with Crippen LogP contribution in [0.15, 0.2) is 0 Å². The number of carbonyl (C=O) groups excluding carboxylic acids is 2. The highest BCUT2D eigenvalue weighted by atomic mass is 35.5. The minimum absolute atomic E-state index is 0. The lowest BCUT2D eigenvalue weighted by molar-refractivity contribution is -0.140. The Balaban J connectivity index is 0.00000208. The Labute approximate surface area is 151 Å². The molecule has 24 heavy (non-hydrogen) atoms. The van der Waals surface area contributed by atoms with Gasteiger partial charge in [-0.25, -0.2) is 0 Å². The minimum Gasteiger partial charge on any atom is -0.351 e. The first kappa shape index (κ1) is 19.5. The van der Waals surface area contributed by atoms with E-state index in [-0.39, 0.29) is 41.7 Å². The Hall–Kier alpha value is -0.810. The molecular formula is C18H32ClN3O2. The number of piperidine rings is 1. The summed E-state index contributed by atoms with van der Waals surface area (Å²) >= 11 is 0. The third-order valence-corrected chi connectivity index (χ3v) is 5.38. The fourth-order valence-corrected chi connectivity index (χ4v) is 4.37. The quantitative estimate of drug-likeness (QED) is 0.814. The first-order valence-electron chi connectivity index (χ1n) is 9.18. The molecular weight excluding hydrogens is 326 g/mol. The van der Waals surface area contributed by atoms with Gasteiger partial charge >= 0.3 is 0 Å². The average Bonchev–Trinajstić information content (AvgIpc) is 3.04. The van der Waals surface area contributed by atoms with Crippen molar-refractivity contribution < 1.29 is 9.59 Å². The summed E-state index contributed by atoms with van der Waals surface area (Å²) in [5.41, 5.74) is -0.0328. The molecule has 0 spiro atoms. The molecule has 0 radical (unpaired) electrons. The summed E-state index contributed by atoms with van der Waals surface area (Å²) in [6.45, 7) is 6.94. The Morgan fingerprint density at radius 3 is 2.33 bits per heavy atom. The van der Waals surface area contributed by atoms with E-state index in [1.165, 1.54) is 12.8 Å². The van der Waals surface area contributed by atoms with E-state index in [0.29, 0.717) is 18.5 Å². The zero-order valence-electron chi connectivity index (χ0n) is 15.1. The summed E-state index contributed by atoms with van der Waals surface area (Å²) in [5.74, 6) is 0.191. The highest BCUT2D eigenvalue weighted by molar-refractivity contribution is 5.88. The first-order valence-corrected chi connectivity index (χ1v) is 9.18. The summed E-state index contributed by atoms with van der Waals surface area (Å²) in [4.78, 5) is 27.0. The normalized spacial score (nSPS) is 32.4. The lowest BCUT2D eigenvalue weighted by Crippen LogP contribution is -2.53. The van der Waals surface area contributed by atoms with Crippen molar-refractivity contribution in [2.24, 2.45) is 5.41 Å². The molecule has 0 saturated carbocycles. The number of halogens is 1. The standard InChI is InChI=1S/C18H31N3O2.ClH/c1-18(2,3)11-16(22)21-8-4-5-15(21)17(23)20-14-9-12-6-7-13(10-14)19-12;/h12-15,19H,4-11H2,1-3H3,(H,20,23);1H. The van der Waals surface area contributed by atoms with Crippen molar-refractivity contribution in [3.05, 3.63) is 0 Å². The van der Waals surface area contributed by atoms with Gasteiger partial charge in [-0.3, -0.25) is 9.59 Å². The summed E-state index contributed by atoms with van der Waals surface area (Å²) in [7, 11) is 0. The van der Waals surface area contributed by atoms with Crippen molar-refractivity contribution in [3.8, 4) is 0 Å². The summed E-state index contributed by atoms with van der Waals surface area (Å²) in [5, 5.41) is 6.84. The molecule has 0 aromatic heterocycles. The van der Waals surface area contributed by atoms with E-state index in [9.17, 15) is 9.59 Å². The Morgan fingerprint density at radius 1 is 1.12 bits per heavy atom. The van der Waals surface area contributed by atoms with E-state index < -0.39 is 0 Å². The number of rotatable bonds is 3. The van der Waals surface area contributed by atoms with Crippen molar-refractivity contribution in [2.45, 2.75) is 89.9 Å². The second-order valence-electron chi connectivity index (χ2n) is 8.80. The van der Waals surface area contributed by atoms with Gasteiger partial charge < -0.3 is 15.5 Å². The molecule has 3 aliphatic heterocycles. The molecule has 2 amide bonds.